The first-order valence-electron chi connectivity index (χ1n) is 6.01. The number of hydrogen-bond donors (Lipinski definition) is 2. The Morgan fingerprint density at radius 3 is 2.47 bits per heavy atom. The van der Waals surface area contributed by atoms with Crippen LogP contribution in [0.4, 0.5) is 0 Å². The molecule has 1 aliphatic rings. The van der Waals surface area contributed by atoms with Crippen LogP contribution in [0.25, 0.3) is 0 Å². The van der Waals surface area contributed by atoms with E-state index in [9.17, 15) is 9.59 Å². The van der Waals surface area contributed by atoms with Crippen molar-refractivity contribution < 1.29 is 14.7 Å². The van der Waals surface area contributed by atoms with Gasteiger partial charge in [0, 0.05) is 19.6 Å². The molecule has 1 rings (SSSR count). The quantitative estimate of drug-likeness (QED) is 0.755. The van der Waals surface area contributed by atoms with Gasteiger partial charge in [0.05, 0.1) is 11.3 Å². The van der Waals surface area contributed by atoms with Gasteiger partial charge in [-0.25, -0.2) is 0 Å². The molecule has 0 aromatic rings. The maximum atomic E-state index is 11.8. The van der Waals surface area contributed by atoms with Crippen molar-refractivity contribution in [2.45, 2.75) is 33.2 Å². The number of likely N-dealkylation sites (tertiary alicyclic amines) is 1. The van der Waals surface area contributed by atoms with E-state index in [1.807, 2.05) is 13.8 Å². The fourth-order valence-electron chi connectivity index (χ4n) is 2.35. The minimum absolute atomic E-state index is 0.0372. The Balaban J connectivity index is 2.67. The van der Waals surface area contributed by atoms with Crippen LogP contribution in [0.2, 0.25) is 0 Å². The zero-order valence-electron chi connectivity index (χ0n) is 11.0. The zero-order chi connectivity index (χ0) is 13.2. The van der Waals surface area contributed by atoms with Crippen LogP contribution in [0.15, 0.2) is 0 Å². The SMILES string of the molecule is CNC(=O)C1(C)CCN(C(C)C(C)C(=O)O)C1. The van der Waals surface area contributed by atoms with Crippen LogP contribution in [0.1, 0.15) is 27.2 Å². The second-order valence-electron chi connectivity index (χ2n) is 5.23. The van der Waals surface area contributed by atoms with Crippen LogP contribution in [-0.2, 0) is 9.59 Å². The van der Waals surface area contributed by atoms with Crippen molar-refractivity contribution in [3.8, 4) is 0 Å². The summed E-state index contributed by atoms with van der Waals surface area (Å²) in [7, 11) is 1.64. The number of carbonyl (C=O) groups is 2. The minimum atomic E-state index is -0.786. The van der Waals surface area contributed by atoms with Gasteiger partial charge in [-0.1, -0.05) is 6.92 Å². The largest absolute Gasteiger partial charge is 0.481 e. The normalized spacial score (nSPS) is 28.7. The number of nitrogens with zero attached hydrogens (tertiary/aromatic N) is 1. The van der Waals surface area contributed by atoms with Gasteiger partial charge in [0.2, 0.25) is 5.91 Å². The predicted molar refractivity (Wildman–Crippen MR) is 64.6 cm³/mol. The van der Waals surface area contributed by atoms with Crippen molar-refractivity contribution in [3.63, 3.8) is 0 Å². The fourth-order valence-corrected chi connectivity index (χ4v) is 2.35. The highest BCUT2D eigenvalue weighted by atomic mass is 16.4. The van der Waals surface area contributed by atoms with Gasteiger partial charge in [-0.3, -0.25) is 14.5 Å². The smallest absolute Gasteiger partial charge is 0.307 e. The molecule has 3 atom stereocenters. The molecular weight excluding hydrogens is 220 g/mol. The number of hydrogen-bond acceptors (Lipinski definition) is 3. The van der Waals surface area contributed by atoms with Crippen molar-refractivity contribution in [3.05, 3.63) is 0 Å². The lowest BCUT2D eigenvalue weighted by Crippen LogP contribution is -2.43. The maximum Gasteiger partial charge on any atom is 0.307 e. The molecule has 0 bridgehead atoms. The standard InChI is InChI=1S/C12H22N2O3/c1-8(10(15)16)9(2)14-6-5-12(3,7-14)11(17)13-4/h8-9H,5-7H2,1-4H3,(H,13,17)(H,15,16). The molecule has 0 aromatic carbocycles. The van der Waals surface area contributed by atoms with Crippen molar-refractivity contribution >= 4 is 11.9 Å². The number of nitrogens with one attached hydrogen (secondary N) is 1. The van der Waals surface area contributed by atoms with E-state index in [0.717, 1.165) is 13.0 Å². The van der Waals surface area contributed by atoms with Gasteiger partial charge in [-0.15, -0.1) is 0 Å². The first-order chi connectivity index (χ1) is 7.81. The zero-order valence-corrected chi connectivity index (χ0v) is 11.0. The molecule has 17 heavy (non-hydrogen) atoms. The molecule has 1 amide bonds. The van der Waals surface area contributed by atoms with E-state index >= 15 is 0 Å². The Morgan fingerprint density at radius 1 is 1.41 bits per heavy atom. The lowest BCUT2D eigenvalue weighted by Gasteiger charge is -2.29. The molecule has 0 radical (unpaired) electrons. The average molecular weight is 242 g/mol. The summed E-state index contributed by atoms with van der Waals surface area (Å²) in [5.41, 5.74) is -0.388. The summed E-state index contributed by atoms with van der Waals surface area (Å²) in [6.45, 7) is 6.97. The van der Waals surface area contributed by atoms with Crippen LogP contribution in [0.5, 0.6) is 0 Å². The number of amides is 1. The lowest BCUT2D eigenvalue weighted by molar-refractivity contribution is -0.143. The third-order valence-electron chi connectivity index (χ3n) is 3.97. The van der Waals surface area contributed by atoms with E-state index in [-0.39, 0.29) is 17.4 Å². The van der Waals surface area contributed by atoms with Gasteiger partial charge in [0.15, 0.2) is 0 Å². The summed E-state index contributed by atoms with van der Waals surface area (Å²) >= 11 is 0. The molecule has 1 saturated heterocycles. The first-order valence-corrected chi connectivity index (χ1v) is 6.01. The third kappa shape index (κ3) is 2.77. The summed E-state index contributed by atoms with van der Waals surface area (Å²) < 4.78 is 0. The van der Waals surface area contributed by atoms with Crippen molar-refractivity contribution in [1.29, 1.82) is 0 Å². The van der Waals surface area contributed by atoms with Crippen molar-refractivity contribution in [2.24, 2.45) is 11.3 Å². The van der Waals surface area contributed by atoms with Crippen LogP contribution < -0.4 is 5.32 Å². The Labute approximate surface area is 102 Å². The van der Waals surface area contributed by atoms with Gasteiger partial charge >= 0.3 is 5.97 Å². The minimum Gasteiger partial charge on any atom is -0.481 e. The highest BCUT2D eigenvalue weighted by molar-refractivity contribution is 5.82. The molecule has 0 saturated carbocycles. The number of carbonyl (C=O) groups excluding carboxylic acids is 1. The summed E-state index contributed by atoms with van der Waals surface area (Å²) in [6, 6.07) is -0.0426. The number of carboxylic acid groups (broad SMARTS) is 1. The Bertz CT molecular complexity index is 319. The number of rotatable bonds is 4. The Kier molecular flexibility index (Phi) is 4.14. The van der Waals surface area contributed by atoms with Crippen LogP contribution >= 0.6 is 0 Å². The highest BCUT2D eigenvalue weighted by Gasteiger charge is 2.42. The van der Waals surface area contributed by atoms with Gasteiger partial charge in [-0.05, 0) is 26.8 Å². The third-order valence-corrected chi connectivity index (χ3v) is 3.97. The molecule has 0 spiro atoms. The second-order valence-corrected chi connectivity index (χ2v) is 5.23. The average Bonchev–Trinajstić information content (AvgIpc) is 2.70. The molecule has 0 aromatic heterocycles. The highest BCUT2D eigenvalue weighted by Crippen LogP contribution is 2.32. The van der Waals surface area contributed by atoms with Crippen molar-refractivity contribution in [2.75, 3.05) is 20.1 Å². The Morgan fingerprint density at radius 2 is 2.00 bits per heavy atom. The molecule has 98 valence electrons. The maximum absolute atomic E-state index is 11.8. The number of aliphatic carboxylic acids is 1. The molecule has 0 aliphatic carbocycles. The van der Waals surface area contributed by atoms with E-state index in [4.69, 9.17) is 5.11 Å². The van der Waals surface area contributed by atoms with Crippen LogP contribution in [0, 0.1) is 11.3 Å². The topological polar surface area (TPSA) is 69.6 Å². The molecule has 2 N–H and O–H groups in total. The Hall–Kier alpha value is -1.10. The van der Waals surface area contributed by atoms with Gasteiger partial charge < -0.3 is 10.4 Å². The molecule has 1 aliphatic heterocycles. The summed E-state index contributed by atoms with van der Waals surface area (Å²) in [4.78, 5) is 24.8. The summed E-state index contributed by atoms with van der Waals surface area (Å²) in [6.07, 6.45) is 0.781. The predicted octanol–water partition coefficient (Wildman–Crippen LogP) is 0.554. The van der Waals surface area contributed by atoms with Crippen LogP contribution in [0.3, 0.4) is 0 Å². The first kappa shape index (κ1) is 14.0. The van der Waals surface area contributed by atoms with Gasteiger partial charge in [0.25, 0.3) is 0 Å². The monoisotopic (exact) mass is 242 g/mol. The summed E-state index contributed by atoms with van der Waals surface area (Å²) in [5.74, 6) is -1.16. The fraction of sp³-hybridized carbons (Fsp3) is 0.833. The van der Waals surface area contributed by atoms with E-state index in [2.05, 4.69) is 10.2 Å². The molecule has 5 nitrogen and oxygen atoms in total. The second kappa shape index (κ2) is 5.04. The number of carboxylic acids is 1. The molecular formula is C12H22N2O3. The molecule has 3 unspecified atom stereocenters. The lowest BCUT2D eigenvalue weighted by atomic mass is 9.88. The van der Waals surface area contributed by atoms with E-state index in [1.165, 1.54) is 0 Å². The van der Waals surface area contributed by atoms with E-state index in [1.54, 1.807) is 14.0 Å². The van der Waals surface area contributed by atoms with Crippen molar-refractivity contribution in [1.82, 2.24) is 10.2 Å². The van der Waals surface area contributed by atoms with E-state index < -0.39 is 11.9 Å². The van der Waals surface area contributed by atoms with Crippen LogP contribution in [-0.4, -0.2) is 48.1 Å². The van der Waals surface area contributed by atoms with Gasteiger partial charge in [0.1, 0.15) is 0 Å². The van der Waals surface area contributed by atoms with E-state index in [0.29, 0.717) is 6.54 Å². The molecule has 5 heteroatoms. The van der Waals surface area contributed by atoms with Gasteiger partial charge in [-0.2, -0.15) is 0 Å². The summed E-state index contributed by atoms with van der Waals surface area (Å²) in [5, 5.41) is 11.7. The molecule has 1 heterocycles. The molecule has 1 fully saturated rings.